The Balaban J connectivity index is 2.52. The maximum Gasteiger partial charge on any atom is 0.126 e. The second kappa shape index (κ2) is 6.48. The minimum Gasteiger partial charge on any atom is -0.383 e. The van der Waals surface area contributed by atoms with Crippen LogP contribution in [0.2, 0.25) is 0 Å². The lowest BCUT2D eigenvalue weighted by atomic mass is 9.95. The fourth-order valence-corrected chi connectivity index (χ4v) is 1.98. The van der Waals surface area contributed by atoms with Gasteiger partial charge in [-0.3, -0.25) is 0 Å². The predicted octanol–water partition coefficient (Wildman–Crippen LogP) is 2.55. The molecule has 1 aromatic heterocycles. The second-order valence-corrected chi connectivity index (χ2v) is 4.47. The average Bonchev–Trinajstić information content (AvgIpc) is 2.26. The third-order valence-corrected chi connectivity index (χ3v) is 2.85. The van der Waals surface area contributed by atoms with Crippen molar-refractivity contribution in [2.75, 3.05) is 12.3 Å². The Bertz CT molecular complexity index is 312. The Morgan fingerprint density at radius 1 is 1.44 bits per heavy atom. The number of hydrogen-bond donors (Lipinski definition) is 2. The van der Waals surface area contributed by atoms with Gasteiger partial charge in [0.05, 0.1) is 0 Å². The van der Waals surface area contributed by atoms with E-state index in [1.165, 1.54) is 6.42 Å². The topological polar surface area (TPSA) is 50.9 Å². The van der Waals surface area contributed by atoms with Crippen LogP contribution >= 0.6 is 0 Å². The van der Waals surface area contributed by atoms with E-state index >= 15 is 0 Å². The highest BCUT2D eigenvalue weighted by Gasteiger charge is 2.12. The molecule has 0 saturated carbocycles. The van der Waals surface area contributed by atoms with Gasteiger partial charge in [0, 0.05) is 12.2 Å². The van der Waals surface area contributed by atoms with Crippen molar-refractivity contribution in [2.24, 2.45) is 0 Å². The quantitative estimate of drug-likeness (QED) is 0.776. The zero-order valence-electron chi connectivity index (χ0n) is 10.5. The molecule has 0 aliphatic heterocycles. The highest BCUT2D eigenvalue weighted by molar-refractivity contribution is 5.40. The van der Waals surface area contributed by atoms with Gasteiger partial charge in [0.15, 0.2) is 0 Å². The van der Waals surface area contributed by atoms with E-state index in [1.54, 1.807) is 6.20 Å². The van der Waals surface area contributed by atoms with Crippen molar-refractivity contribution < 1.29 is 0 Å². The Labute approximate surface area is 98.5 Å². The molecule has 0 aromatic carbocycles. The molecule has 0 bridgehead atoms. The normalized spacial score (nSPS) is 14.7. The number of pyridine rings is 1. The summed E-state index contributed by atoms with van der Waals surface area (Å²) in [4.78, 5) is 4.13. The molecule has 16 heavy (non-hydrogen) atoms. The summed E-state index contributed by atoms with van der Waals surface area (Å²) in [7, 11) is 0. The number of anilines is 1. The van der Waals surface area contributed by atoms with Crippen molar-refractivity contribution in [3.8, 4) is 0 Å². The maximum absolute atomic E-state index is 5.87. The van der Waals surface area contributed by atoms with E-state index in [2.05, 4.69) is 37.1 Å². The number of nitrogen functional groups attached to an aromatic ring is 1. The highest BCUT2D eigenvalue weighted by atomic mass is 14.9. The summed E-state index contributed by atoms with van der Waals surface area (Å²) in [5, 5.41) is 3.49. The lowest BCUT2D eigenvalue weighted by Gasteiger charge is -2.19. The number of rotatable bonds is 6. The van der Waals surface area contributed by atoms with Crippen molar-refractivity contribution >= 4 is 5.82 Å². The molecule has 0 aliphatic rings. The zero-order valence-corrected chi connectivity index (χ0v) is 10.5. The molecule has 0 amide bonds. The van der Waals surface area contributed by atoms with E-state index in [0.717, 1.165) is 18.5 Å². The monoisotopic (exact) mass is 221 g/mol. The number of nitrogens with two attached hydrogens (primary N) is 1. The van der Waals surface area contributed by atoms with Gasteiger partial charge in [0.2, 0.25) is 0 Å². The van der Waals surface area contributed by atoms with Gasteiger partial charge in [-0.15, -0.1) is 0 Å². The van der Waals surface area contributed by atoms with Crippen LogP contribution in [0.25, 0.3) is 0 Å². The van der Waals surface area contributed by atoms with E-state index in [1.807, 2.05) is 6.07 Å². The lowest BCUT2D eigenvalue weighted by Crippen LogP contribution is -2.28. The van der Waals surface area contributed by atoms with Crippen LogP contribution in [-0.4, -0.2) is 17.6 Å². The molecule has 3 N–H and O–H groups in total. The molecule has 0 spiro atoms. The lowest BCUT2D eigenvalue weighted by molar-refractivity contribution is 0.479. The van der Waals surface area contributed by atoms with Crippen LogP contribution < -0.4 is 11.1 Å². The van der Waals surface area contributed by atoms with Gasteiger partial charge in [0.1, 0.15) is 5.82 Å². The average molecular weight is 221 g/mol. The van der Waals surface area contributed by atoms with Crippen molar-refractivity contribution in [2.45, 2.75) is 45.6 Å². The molecule has 1 aromatic rings. The summed E-state index contributed by atoms with van der Waals surface area (Å²) < 4.78 is 0. The maximum atomic E-state index is 5.87. The minimum absolute atomic E-state index is 0.452. The highest BCUT2D eigenvalue weighted by Crippen LogP contribution is 2.24. The zero-order chi connectivity index (χ0) is 12.0. The Hall–Kier alpha value is -1.09. The largest absolute Gasteiger partial charge is 0.383 e. The number of nitrogens with one attached hydrogen (secondary N) is 1. The minimum atomic E-state index is 0.452. The molecule has 1 heterocycles. The van der Waals surface area contributed by atoms with E-state index in [4.69, 9.17) is 5.73 Å². The smallest absolute Gasteiger partial charge is 0.126 e. The van der Waals surface area contributed by atoms with Crippen LogP contribution in [-0.2, 0) is 0 Å². The van der Waals surface area contributed by atoms with Crippen LogP contribution in [0.1, 0.15) is 45.1 Å². The van der Waals surface area contributed by atoms with Crippen LogP contribution in [0.5, 0.6) is 0 Å². The van der Waals surface area contributed by atoms with Gasteiger partial charge in [-0.05, 0) is 43.9 Å². The third kappa shape index (κ3) is 3.81. The van der Waals surface area contributed by atoms with Crippen molar-refractivity contribution in [3.05, 3.63) is 23.9 Å². The first-order valence-corrected chi connectivity index (χ1v) is 6.09. The molecule has 3 nitrogen and oxygen atoms in total. The second-order valence-electron chi connectivity index (χ2n) is 4.47. The predicted molar refractivity (Wildman–Crippen MR) is 69.4 cm³/mol. The molecular weight excluding hydrogens is 198 g/mol. The van der Waals surface area contributed by atoms with E-state index in [9.17, 15) is 0 Å². The van der Waals surface area contributed by atoms with Gasteiger partial charge < -0.3 is 11.1 Å². The van der Waals surface area contributed by atoms with Crippen LogP contribution in [0, 0.1) is 0 Å². The molecule has 0 aliphatic carbocycles. The molecule has 0 saturated heterocycles. The Kier molecular flexibility index (Phi) is 5.26. The van der Waals surface area contributed by atoms with Gasteiger partial charge in [0.25, 0.3) is 0 Å². The molecule has 3 heteroatoms. The summed E-state index contributed by atoms with van der Waals surface area (Å²) in [6, 6.07) is 4.54. The van der Waals surface area contributed by atoms with Crippen LogP contribution in [0.3, 0.4) is 0 Å². The van der Waals surface area contributed by atoms with Crippen molar-refractivity contribution in [3.63, 3.8) is 0 Å². The van der Waals surface area contributed by atoms with Gasteiger partial charge >= 0.3 is 0 Å². The fraction of sp³-hybridized carbons (Fsp3) is 0.615. The number of hydrogen-bond acceptors (Lipinski definition) is 3. The van der Waals surface area contributed by atoms with Crippen molar-refractivity contribution in [1.82, 2.24) is 10.3 Å². The first-order valence-electron chi connectivity index (χ1n) is 6.09. The standard InChI is InChI=1S/C13H23N3/c1-4-7-15-11(3)9-10(2)12-6-5-8-16-13(12)14/h5-6,8,10-11,15H,4,7,9H2,1-3H3,(H2,14,16). The molecule has 0 radical (unpaired) electrons. The number of nitrogens with zero attached hydrogens (tertiary/aromatic N) is 1. The Morgan fingerprint density at radius 2 is 2.19 bits per heavy atom. The van der Waals surface area contributed by atoms with Crippen LogP contribution in [0.15, 0.2) is 18.3 Å². The third-order valence-electron chi connectivity index (χ3n) is 2.85. The van der Waals surface area contributed by atoms with Crippen molar-refractivity contribution in [1.29, 1.82) is 0 Å². The van der Waals surface area contributed by atoms with Crippen LogP contribution in [0.4, 0.5) is 5.82 Å². The summed E-state index contributed by atoms with van der Waals surface area (Å²) in [6.07, 6.45) is 4.01. The summed E-state index contributed by atoms with van der Waals surface area (Å²) in [6.45, 7) is 7.69. The molecule has 1 rings (SSSR count). The summed E-state index contributed by atoms with van der Waals surface area (Å²) >= 11 is 0. The first kappa shape index (κ1) is 13.0. The first-order chi connectivity index (χ1) is 7.65. The molecule has 90 valence electrons. The van der Waals surface area contributed by atoms with E-state index in [-0.39, 0.29) is 0 Å². The van der Waals surface area contributed by atoms with E-state index in [0.29, 0.717) is 17.8 Å². The fourth-order valence-electron chi connectivity index (χ4n) is 1.98. The SMILES string of the molecule is CCCNC(C)CC(C)c1cccnc1N. The molecular formula is C13H23N3. The molecule has 0 fully saturated rings. The van der Waals surface area contributed by atoms with Gasteiger partial charge in [-0.1, -0.05) is 19.9 Å². The Morgan fingerprint density at radius 3 is 2.81 bits per heavy atom. The molecule has 2 unspecified atom stereocenters. The van der Waals surface area contributed by atoms with E-state index < -0.39 is 0 Å². The number of aromatic nitrogens is 1. The summed E-state index contributed by atoms with van der Waals surface area (Å²) in [5.74, 6) is 1.12. The van der Waals surface area contributed by atoms with Gasteiger partial charge in [-0.2, -0.15) is 0 Å². The van der Waals surface area contributed by atoms with Gasteiger partial charge in [-0.25, -0.2) is 4.98 Å². The molecule has 2 atom stereocenters. The summed E-state index contributed by atoms with van der Waals surface area (Å²) in [5.41, 5.74) is 7.03.